The minimum atomic E-state index is -0.134. The molecule has 0 saturated heterocycles. The molecule has 0 aromatic carbocycles. The van der Waals surface area contributed by atoms with E-state index in [1.54, 1.807) is 11.7 Å². The molecule has 27 heavy (non-hydrogen) atoms. The predicted octanol–water partition coefficient (Wildman–Crippen LogP) is 3.28. The molecule has 0 amide bonds. The van der Waals surface area contributed by atoms with Crippen molar-refractivity contribution in [3.05, 3.63) is 23.5 Å². The van der Waals surface area contributed by atoms with Crippen molar-refractivity contribution < 1.29 is 14.3 Å². The van der Waals surface area contributed by atoms with Gasteiger partial charge in [0.05, 0.1) is 42.6 Å². The third kappa shape index (κ3) is 4.24. The van der Waals surface area contributed by atoms with Crippen molar-refractivity contribution in [2.24, 2.45) is 18.9 Å². The number of methoxy groups -OCH3 is 1. The number of esters is 1. The SMILES string of the molecule is COC(=O)[C@H]1CCCC[C@@H]1COc1ccc(-c2nnn(C)c2CCl)nc1C. The second kappa shape index (κ2) is 8.69. The Bertz CT molecular complexity index is 808. The molecule has 1 saturated carbocycles. The number of pyridine rings is 1. The van der Waals surface area contributed by atoms with Crippen molar-refractivity contribution in [1.29, 1.82) is 0 Å². The zero-order valence-corrected chi connectivity index (χ0v) is 16.7. The van der Waals surface area contributed by atoms with E-state index in [1.165, 1.54) is 7.11 Å². The number of rotatable bonds is 6. The van der Waals surface area contributed by atoms with E-state index < -0.39 is 0 Å². The minimum Gasteiger partial charge on any atom is -0.491 e. The summed E-state index contributed by atoms with van der Waals surface area (Å²) in [5.41, 5.74) is 2.98. The molecule has 7 nitrogen and oxygen atoms in total. The fourth-order valence-corrected chi connectivity index (χ4v) is 3.92. The Morgan fingerprint density at radius 2 is 2.11 bits per heavy atom. The summed E-state index contributed by atoms with van der Waals surface area (Å²) in [7, 11) is 3.25. The normalized spacial score (nSPS) is 19.7. The molecule has 1 aliphatic carbocycles. The summed E-state index contributed by atoms with van der Waals surface area (Å²) in [6.07, 6.45) is 4.02. The van der Waals surface area contributed by atoms with E-state index in [0.717, 1.165) is 37.1 Å². The Kier molecular flexibility index (Phi) is 6.31. The first-order chi connectivity index (χ1) is 13.0. The largest absolute Gasteiger partial charge is 0.491 e. The van der Waals surface area contributed by atoms with Gasteiger partial charge in [0.25, 0.3) is 0 Å². The van der Waals surface area contributed by atoms with Crippen LogP contribution in [0.5, 0.6) is 5.75 Å². The number of carbonyl (C=O) groups is 1. The molecule has 0 unspecified atom stereocenters. The van der Waals surface area contributed by atoms with E-state index in [0.29, 0.717) is 29.6 Å². The predicted molar refractivity (Wildman–Crippen MR) is 101 cm³/mol. The van der Waals surface area contributed by atoms with Gasteiger partial charge in [-0.15, -0.1) is 16.7 Å². The van der Waals surface area contributed by atoms with Crippen LogP contribution < -0.4 is 4.74 Å². The van der Waals surface area contributed by atoms with E-state index in [2.05, 4.69) is 15.3 Å². The van der Waals surface area contributed by atoms with Gasteiger partial charge in [0, 0.05) is 13.0 Å². The first kappa shape index (κ1) is 19.6. The summed E-state index contributed by atoms with van der Waals surface area (Å²) in [5.74, 6) is 0.985. The molecule has 0 spiro atoms. The van der Waals surface area contributed by atoms with Crippen molar-refractivity contribution in [1.82, 2.24) is 20.0 Å². The molecule has 0 bridgehead atoms. The number of hydrogen-bond acceptors (Lipinski definition) is 6. The Morgan fingerprint density at radius 1 is 1.33 bits per heavy atom. The second-order valence-corrected chi connectivity index (χ2v) is 7.17. The molecule has 1 fully saturated rings. The van der Waals surface area contributed by atoms with Crippen molar-refractivity contribution in [2.75, 3.05) is 13.7 Å². The van der Waals surface area contributed by atoms with Crippen LogP contribution in [0.1, 0.15) is 37.1 Å². The van der Waals surface area contributed by atoms with Crippen LogP contribution in [0.15, 0.2) is 12.1 Å². The summed E-state index contributed by atoms with van der Waals surface area (Å²) in [6, 6.07) is 3.75. The van der Waals surface area contributed by atoms with Crippen molar-refractivity contribution in [2.45, 2.75) is 38.5 Å². The Hall–Kier alpha value is -2.15. The van der Waals surface area contributed by atoms with E-state index in [4.69, 9.17) is 21.1 Å². The topological polar surface area (TPSA) is 79.1 Å². The van der Waals surface area contributed by atoms with E-state index in [9.17, 15) is 4.79 Å². The quantitative estimate of drug-likeness (QED) is 0.554. The standard InChI is InChI=1S/C19H25ClN4O3/c1-12-17(27-11-13-6-4-5-7-14(13)19(25)26-3)9-8-15(21-12)18-16(10-20)24(2)23-22-18/h8-9,13-14H,4-7,10-11H2,1-3H3/t13-,14+/m1/s1. The van der Waals surface area contributed by atoms with Crippen LogP contribution in [0, 0.1) is 18.8 Å². The molecule has 8 heteroatoms. The van der Waals surface area contributed by atoms with E-state index in [1.807, 2.05) is 19.1 Å². The van der Waals surface area contributed by atoms with Crippen LogP contribution in [0.4, 0.5) is 0 Å². The van der Waals surface area contributed by atoms with Crippen LogP contribution in [0.3, 0.4) is 0 Å². The van der Waals surface area contributed by atoms with Crippen molar-refractivity contribution >= 4 is 17.6 Å². The van der Waals surface area contributed by atoms with Gasteiger partial charge in [0.2, 0.25) is 0 Å². The lowest BCUT2D eigenvalue weighted by atomic mass is 9.80. The molecule has 2 atom stereocenters. The van der Waals surface area contributed by atoms with Gasteiger partial charge in [-0.25, -0.2) is 4.98 Å². The number of alkyl halides is 1. The highest BCUT2D eigenvalue weighted by Crippen LogP contribution is 2.32. The molecule has 0 radical (unpaired) electrons. The lowest BCUT2D eigenvalue weighted by Gasteiger charge is -2.29. The smallest absolute Gasteiger partial charge is 0.309 e. The lowest BCUT2D eigenvalue weighted by Crippen LogP contribution is -2.32. The van der Waals surface area contributed by atoms with Crippen LogP contribution in [-0.4, -0.2) is 39.7 Å². The third-order valence-electron chi connectivity index (χ3n) is 5.22. The first-order valence-corrected chi connectivity index (χ1v) is 9.71. The van der Waals surface area contributed by atoms with Crippen molar-refractivity contribution in [3.8, 4) is 17.1 Å². The monoisotopic (exact) mass is 392 g/mol. The number of aromatic nitrogens is 4. The molecule has 2 aromatic rings. The van der Waals surface area contributed by atoms with Crippen LogP contribution >= 0.6 is 11.6 Å². The van der Waals surface area contributed by atoms with Gasteiger partial charge in [0.15, 0.2) is 0 Å². The van der Waals surface area contributed by atoms with Gasteiger partial charge in [-0.1, -0.05) is 18.1 Å². The Morgan fingerprint density at radius 3 is 2.81 bits per heavy atom. The molecule has 2 heterocycles. The minimum absolute atomic E-state index is 0.0813. The van der Waals surface area contributed by atoms with Gasteiger partial charge < -0.3 is 9.47 Å². The van der Waals surface area contributed by atoms with Gasteiger partial charge in [-0.2, -0.15) is 0 Å². The van der Waals surface area contributed by atoms with Gasteiger partial charge in [-0.3, -0.25) is 9.48 Å². The molecular weight excluding hydrogens is 368 g/mol. The molecule has 0 aliphatic heterocycles. The van der Waals surface area contributed by atoms with Crippen LogP contribution in [0.25, 0.3) is 11.4 Å². The summed E-state index contributed by atoms with van der Waals surface area (Å²) in [4.78, 5) is 16.6. The van der Waals surface area contributed by atoms with Gasteiger partial charge in [0.1, 0.15) is 11.4 Å². The number of halogens is 1. The maximum Gasteiger partial charge on any atom is 0.309 e. The fraction of sp³-hybridized carbons (Fsp3) is 0.579. The van der Waals surface area contributed by atoms with Crippen LogP contribution in [0.2, 0.25) is 0 Å². The Labute approximate surface area is 164 Å². The molecule has 146 valence electrons. The molecule has 0 N–H and O–H groups in total. The number of hydrogen-bond donors (Lipinski definition) is 0. The summed E-state index contributed by atoms with van der Waals surface area (Å²) in [6.45, 7) is 2.38. The molecule has 1 aliphatic rings. The van der Waals surface area contributed by atoms with Crippen LogP contribution in [-0.2, 0) is 22.5 Å². The Balaban J connectivity index is 1.72. The average Bonchev–Trinajstić information content (AvgIpc) is 3.07. The van der Waals surface area contributed by atoms with Gasteiger partial charge in [-0.05, 0) is 31.9 Å². The first-order valence-electron chi connectivity index (χ1n) is 9.18. The van der Waals surface area contributed by atoms with E-state index in [-0.39, 0.29) is 17.8 Å². The maximum absolute atomic E-state index is 12.0. The zero-order chi connectivity index (χ0) is 19.4. The number of ether oxygens (including phenoxy) is 2. The van der Waals surface area contributed by atoms with E-state index >= 15 is 0 Å². The second-order valence-electron chi connectivity index (χ2n) is 6.91. The maximum atomic E-state index is 12.0. The highest BCUT2D eigenvalue weighted by molar-refractivity contribution is 6.17. The summed E-state index contributed by atoms with van der Waals surface area (Å²) >= 11 is 6.00. The highest BCUT2D eigenvalue weighted by atomic mass is 35.5. The number of nitrogens with zero attached hydrogens (tertiary/aromatic N) is 4. The number of aryl methyl sites for hydroxylation is 2. The summed E-state index contributed by atoms with van der Waals surface area (Å²) in [5, 5.41) is 8.17. The van der Waals surface area contributed by atoms with Gasteiger partial charge >= 0.3 is 5.97 Å². The summed E-state index contributed by atoms with van der Waals surface area (Å²) < 4.78 is 12.6. The molecule has 2 aromatic heterocycles. The zero-order valence-electron chi connectivity index (χ0n) is 15.9. The average molecular weight is 393 g/mol. The highest BCUT2D eigenvalue weighted by Gasteiger charge is 2.32. The fourth-order valence-electron chi connectivity index (χ4n) is 3.62. The number of carbonyl (C=O) groups excluding carboxylic acids is 1. The molecular formula is C19H25ClN4O3. The third-order valence-corrected chi connectivity index (χ3v) is 5.47. The molecule has 3 rings (SSSR count). The lowest BCUT2D eigenvalue weighted by molar-refractivity contribution is -0.149. The van der Waals surface area contributed by atoms with Crippen molar-refractivity contribution in [3.63, 3.8) is 0 Å².